The Morgan fingerprint density at radius 2 is 1.80 bits per heavy atom. The van der Waals surface area contributed by atoms with Gasteiger partial charge in [0.05, 0.1) is 26.8 Å². The second-order valence-electron chi connectivity index (χ2n) is 8.98. The van der Waals surface area contributed by atoms with E-state index < -0.39 is 17.3 Å². The summed E-state index contributed by atoms with van der Waals surface area (Å²) in [7, 11) is 1.49. The molecular formula is C25H26ClN3O4S2. The average Bonchev–Trinajstić information content (AvgIpc) is 3.20. The zero-order chi connectivity index (χ0) is 26.1. The van der Waals surface area contributed by atoms with Gasteiger partial charge in [-0.05, 0) is 42.2 Å². The zero-order valence-corrected chi connectivity index (χ0v) is 22.7. The van der Waals surface area contributed by atoms with Crippen molar-refractivity contribution in [3.63, 3.8) is 0 Å². The molecule has 0 fully saturated rings. The summed E-state index contributed by atoms with van der Waals surface area (Å²) in [6, 6.07) is 10.3. The Kier molecular flexibility index (Phi) is 8.06. The van der Waals surface area contributed by atoms with Crippen molar-refractivity contribution >= 4 is 63.1 Å². The number of benzene rings is 2. The fraction of sp³-hybridized carbons (Fsp3) is 0.280. The number of halogens is 1. The van der Waals surface area contributed by atoms with Gasteiger partial charge in [0.1, 0.15) is 11.4 Å². The predicted molar refractivity (Wildman–Crippen MR) is 142 cm³/mol. The van der Waals surface area contributed by atoms with Crippen LogP contribution in [0.25, 0.3) is 0 Å². The van der Waals surface area contributed by atoms with Crippen molar-refractivity contribution in [2.75, 3.05) is 16.7 Å². The van der Waals surface area contributed by atoms with Gasteiger partial charge >= 0.3 is 0 Å². The quantitative estimate of drug-likeness (QED) is 0.234. The number of hydrogen-bond donors (Lipinski definition) is 1. The number of nitrogens with one attached hydrogen (secondary N) is 1. The Balaban J connectivity index is 1.98. The van der Waals surface area contributed by atoms with E-state index in [1.807, 2.05) is 12.1 Å². The highest BCUT2D eigenvalue weighted by molar-refractivity contribution is 7.92. The first-order valence-electron chi connectivity index (χ1n) is 10.7. The Labute approximate surface area is 216 Å². The molecule has 0 aliphatic carbocycles. The minimum Gasteiger partial charge on any atom is -0.588 e. The highest BCUT2D eigenvalue weighted by Crippen LogP contribution is 2.32. The fourth-order valence-electron chi connectivity index (χ4n) is 3.37. The number of rotatable bonds is 7. The minimum absolute atomic E-state index is 0.0336. The molecule has 3 aromatic rings. The molecule has 1 N–H and O–H groups in total. The van der Waals surface area contributed by atoms with E-state index in [1.54, 1.807) is 19.1 Å². The van der Waals surface area contributed by atoms with Crippen LogP contribution in [-0.4, -0.2) is 34.6 Å². The standard InChI is InChI=1S/C25H26ClN3O4S2/c1-14-22(15(2)31)34-24(27-14)29(6)23(32)21-18(13-30)19(26)11-12-20(21)28-35(33)17-9-7-16(8-10-17)25(3,4)5/h7-13,28H,1-6H3. The van der Waals surface area contributed by atoms with Crippen LogP contribution in [-0.2, 0) is 16.8 Å². The van der Waals surface area contributed by atoms with Crippen molar-refractivity contribution in [2.24, 2.45) is 0 Å². The van der Waals surface area contributed by atoms with Crippen molar-refractivity contribution < 1.29 is 18.9 Å². The first-order chi connectivity index (χ1) is 16.3. The van der Waals surface area contributed by atoms with E-state index in [2.05, 4.69) is 30.5 Å². The molecule has 1 atom stereocenters. The molecule has 0 aliphatic heterocycles. The Morgan fingerprint density at radius 1 is 1.17 bits per heavy atom. The normalized spacial score (nSPS) is 12.2. The Hall–Kier alpha value is -2.72. The number of anilines is 2. The number of carbonyl (C=O) groups is 3. The molecule has 0 bridgehead atoms. The number of hydrogen-bond acceptors (Lipinski definition) is 7. The van der Waals surface area contributed by atoms with Crippen LogP contribution in [0.2, 0.25) is 5.02 Å². The summed E-state index contributed by atoms with van der Waals surface area (Å²) in [6.45, 7) is 9.38. The van der Waals surface area contributed by atoms with Gasteiger partial charge < -0.3 is 4.55 Å². The fourth-order valence-corrected chi connectivity index (χ4v) is 5.36. The molecule has 7 nitrogen and oxygen atoms in total. The summed E-state index contributed by atoms with van der Waals surface area (Å²) >= 11 is 5.58. The molecule has 184 valence electrons. The molecule has 1 aromatic heterocycles. The number of aryl methyl sites for hydroxylation is 1. The number of Topliss-reactive ketones (excluding diaryl/α,β-unsaturated/α-hetero) is 1. The van der Waals surface area contributed by atoms with Crippen LogP contribution in [0.15, 0.2) is 41.3 Å². The summed E-state index contributed by atoms with van der Waals surface area (Å²) in [6.07, 6.45) is 0.490. The largest absolute Gasteiger partial charge is 0.588 e. The van der Waals surface area contributed by atoms with Gasteiger partial charge in [-0.3, -0.25) is 19.3 Å². The predicted octanol–water partition coefficient (Wildman–Crippen LogP) is 5.83. The van der Waals surface area contributed by atoms with Crippen LogP contribution in [0.3, 0.4) is 0 Å². The third-order valence-corrected chi connectivity index (χ3v) is 8.13. The molecule has 1 amide bonds. The average molecular weight is 532 g/mol. The molecule has 1 heterocycles. The molecule has 0 radical (unpaired) electrons. The molecule has 35 heavy (non-hydrogen) atoms. The molecule has 3 rings (SSSR count). The van der Waals surface area contributed by atoms with E-state index in [0.717, 1.165) is 16.9 Å². The van der Waals surface area contributed by atoms with Gasteiger partial charge in [0.15, 0.2) is 22.1 Å². The van der Waals surface area contributed by atoms with E-state index >= 15 is 0 Å². The lowest BCUT2D eigenvalue weighted by Gasteiger charge is -2.21. The van der Waals surface area contributed by atoms with E-state index in [0.29, 0.717) is 26.9 Å². The number of carbonyl (C=O) groups excluding carboxylic acids is 3. The lowest BCUT2D eigenvalue weighted by Crippen LogP contribution is -2.29. The SMILES string of the molecule is CC(=O)c1sc(N(C)C(=O)c2c(N[S+]([O-])c3ccc(C(C)(C)C)cc3)ccc(Cl)c2C=O)nc1C. The number of ketones is 1. The van der Waals surface area contributed by atoms with Gasteiger partial charge in [0.2, 0.25) is 0 Å². The first kappa shape index (κ1) is 26.9. The number of aromatic nitrogens is 1. The third kappa shape index (κ3) is 5.75. The van der Waals surface area contributed by atoms with Crippen molar-refractivity contribution in [2.45, 2.75) is 44.9 Å². The number of thiazole rings is 1. The third-order valence-electron chi connectivity index (χ3n) is 5.36. The van der Waals surface area contributed by atoms with Crippen molar-refractivity contribution in [1.29, 1.82) is 0 Å². The summed E-state index contributed by atoms with van der Waals surface area (Å²) in [4.78, 5) is 43.7. The number of amides is 1. The van der Waals surface area contributed by atoms with E-state index in [-0.39, 0.29) is 33.0 Å². The van der Waals surface area contributed by atoms with Gasteiger partial charge in [-0.15, -0.1) is 0 Å². The lowest BCUT2D eigenvalue weighted by molar-refractivity contribution is 0.0985. The maximum atomic E-state index is 13.5. The first-order valence-corrected chi connectivity index (χ1v) is 13.0. The van der Waals surface area contributed by atoms with Gasteiger partial charge in [0.25, 0.3) is 5.91 Å². The van der Waals surface area contributed by atoms with Gasteiger partial charge in [-0.1, -0.05) is 55.8 Å². The monoisotopic (exact) mass is 531 g/mol. The van der Waals surface area contributed by atoms with E-state index in [4.69, 9.17) is 11.6 Å². The van der Waals surface area contributed by atoms with Crippen molar-refractivity contribution in [1.82, 2.24) is 4.98 Å². The number of aldehydes is 1. The molecule has 0 saturated carbocycles. The second-order valence-corrected chi connectivity index (χ2v) is 11.6. The summed E-state index contributed by atoms with van der Waals surface area (Å²) in [5, 5.41) is 0.377. The van der Waals surface area contributed by atoms with E-state index in [9.17, 15) is 18.9 Å². The molecule has 0 saturated heterocycles. The van der Waals surface area contributed by atoms with Crippen LogP contribution >= 0.6 is 22.9 Å². The highest BCUT2D eigenvalue weighted by atomic mass is 35.5. The van der Waals surface area contributed by atoms with E-state index in [1.165, 1.54) is 31.0 Å². The van der Waals surface area contributed by atoms with Crippen molar-refractivity contribution in [3.05, 3.63) is 68.7 Å². The minimum atomic E-state index is -1.71. The smallest absolute Gasteiger partial charge is 0.262 e. The molecule has 0 aliphatic rings. The summed E-state index contributed by atoms with van der Waals surface area (Å²) < 4.78 is 15.9. The van der Waals surface area contributed by atoms with Crippen LogP contribution in [0.5, 0.6) is 0 Å². The highest BCUT2D eigenvalue weighted by Gasteiger charge is 2.28. The second kappa shape index (κ2) is 10.5. The van der Waals surface area contributed by atoms with Crippen LogP contribution in [0.4, 0.5) is 10.8 Å². The molecule has 1 unspecified atom stereocenters. The molecule has 10 heteroatoms. The van der Waals surface area contributed by atoms with Crippen LogP contribution < -0.4 is 9.62 Å². The number of nitrogens with zero attached hydrogens (tertiary/aromatic N) is 2. The summed E-state index contributed by atoms with van der Waals surface area (Å²) in [5.74, 6) is -0.736. The van der Waals surface area contributed by atoms with Gasteiger partial charge in [0, 0.05) is 19.5 Å². The maximum absolute atomic E-state index is 13.5. The van der Waals surface area contributed by atoms with Gasteiger partial charge in [-0.2, -0.15) is 0 Å². The molecule has 2 aromatic carbocycles. The Bertz CT molecular complexity index is 1280. The van der Waals surface area contributed by atoms with Gasteiger partial charge in [-0.25, -0.2) is 9.71 Å². The molecular weight excluding hydrogens is 506 g/mol. The van der Waals surface area contributed by atoms with Crippen LogP contribution in [0.1, 0.15) is 69.3 Å². The maximum Gasteiger partial charge on any atom is 0.262 e. The molecule has 0 spiro atoms. The lowest BCUT2D eigenvalue weighted by atomic mass is 9.87. The Morgan fingerprint density at radius 3 is 2.31 bits per heavy atom. The zero-order valence-electron chi connectivity index (χ0n) is 20.3. The summed E-state index contributed by atoms with van der Waals surface area (Å²) in [5.41, 5.74) is 1.67. The topological polar surface area (TPSA) is 102 Å². The van der Waals surface area contributed by atoms with Crippen LogP contribution in [0, 0.1) is 6.92 Å². The van der Waals surface area contributed by atoms with Crippen molar-refractivity contribution in [3.8, 4) is 0 Å².